The molecular weight excluding hydrogens is 278 g/mol. The lowest BCUT2D eigenvalue weighted by molar-refractivity contribution is -0.143. The lowest BCUT2D eigenvalue weighted by Crippen LogP contribution is -2.40. The quantitative estimate of drug-likeness (QED) is 0.923. The van der Waals surface area contributed by atoms with Gasteiger partial charge in [-0.2, -0.15) is 0 Å². The summed E-state index contributed by atoms with van der Waals surface area (Å²) in [6.45, 7) is 5.64. The van der Waals surface area contributed by atoms with E-state index in [1.807, 2.05) is 36.4 Å². The molecular formula is C18H21NO3. The van der Waals surface area contributed by atoms with Gasteiger partial charge in [0.05, 0.1) is 12.0 Å². The zero-order chi connectivity index (χ0) is 16.3. The van der Waals surface area contributed by atoms with Crippen molar-refractivity contribution in [2.75, 3.05) is 0 Å². The number of carboxylic acids is 1. The molecule has 1 aromatic carbocycles. The Hall–Kier alpha value is -2.36. The second kappa shape index (κ2) is 6.18. The van der Waals surface area contributed by atoms with Crippen LogP contribution in [0.1, 0.15) is 37.0 Å². The largest absolute Gasteiger partial charge is 0.481 e. The number of carboxylic acid groups (broad SMARTS) is 1. The number of aryl methyl sites for hydroxylation is 1. The van der Waals surface area contributed by atoms with Crippen LogP contribution in [0, 0.1) is 6.92 Å². The van der Waals surface area contributed by atoms with E-state index in [1.54, 1.807) is 31.5 Å². The second-order valence-corrected chi connectivity index (χ2v) is 5.78. The molecule has 1 unspecified atom stereocenters. The van der Waals surface area contributed by atoms with E-state index in [0.717, 1.165) is 11.1 Å². The highest BCUT2D eigenvalue weighted by Gasteiger charge is 2.37. The van der Waals surface area contributed by atoms with Crippen LogP contribution in [0.3, 0.4) is 0 Å². The van der Waals surface area contributed by atoms with Crippen LogP contribution in [0.15, 0.2) is 47.4 Å². The first-order valence-corrected chi connectivity index (χ1v) is 7.38. The van der Waals surface area contributed by atoms with Gasteiger partial charge in [-0.25, -0.2) is 0 Å². The molecule has 1 N–H and O–H groups in total. The molecule has 1 aromatic heterocycles. The summed E-state index contributed by atoms with van der Waals surface area (Å²) in [5.41, 5.74) is 0.714. The lowest BCUT2D eigenvalue weighted by atomic mass is 9.78. The van der Waals surface area contributed by atoms with Crippen molar-refractivity contribution in [3.05, 3.63) is 69.6 Å². The normalized spacial score (nSPS) is 13.6. The van der Waals surface area contributed by atoms with Crippen LogP contribution in [0.4, 0.5) is 0 Å². The first kappa shape index (κ1) is 16.0. The zero-order valence-corrected chi connectivity index (χ0v) is 13.2. The summed E-state index contributed by atoms with van der Waals surface area (Å²) in [5, 5.41) is 9.57. The fourth-order valence-electron chi connectivity index (χ4n) is 2.68. The molecule has 0 aliphatic heterocycles. The number of rotatable bonds is 5. The van der Waals surface area contributed by atoms with E-state index in [4.69, 9.17) is 0 Å². The van der Waals surface area contributed by atoms with Crippen molar-refractivity contribution in [1.29, 1.82) is 0 Å². The highest BCUT2D eigenvalue weighted by atomic mass is 16.4. The molecule has 0 radical (unpaired) electrons. The third kappa shape index (κ3) is 2.82. The van der Waals surface area contributed by atoms with Crippen molar-refractivity contribution in [2.24, 2.45) is 0 Å². The maximum atomic E-state index is 12.8. The van der Waals surface area contributed by atoms with Crippen LogP contribution < -0.4 is 5.56 Å². The lowest BCUT2D eigenvalue weighted by Gasteiger charge is -2.25. The van der Waals surface area contributed by atoms with Gasteiger partial charge in [0.2, 0.25) is 0 Å². The zero-order valence-electron chi connectivity index (χ0n) is 13.2. The van der Waals surface area contributed by atoms with E-state index in [2.05, 4.69) is 0 Å². The Balaban J connectivity index is 2.55. The number of benzene rings is 1. The fraction of sp³-hybridized carbons (Fsp3) is 0.333. The summed E-state index contributed by atoms with van der Waals surface area (Å²) in [6, 6.07) is 11.5. The Bertz CT molecular complexity index is 734. The van der Waals surface area contributed by atoms with Gasteiger partial charge in [-0.15, -0.1) is 0 Å². The maximum absolute atomic E-state index is 12.8. The minimum absolute atomic E-state index is 0.226. The number of hydrogen-bond acceptors (Lipinski definition) is 2. The van der Waals surface area contributed by atoms with E-state index in [-0.39, 0.29) is 5.56 Å². The summed E-state index contributed by atoms with van der Waals surface area (Å²) in [7, 11) is 0. The van der Waals surface area contributed by atoms with Crippen LogP contribution in [0.25, 0.3) is 0 Å². The highest BCUT2D eigenvalue weighted by Crippen LogP contribution is 2.27. The number of aromatic nitrogens is 1. The number of hydrogen-bond donors (Lipinski definition) is 1. The maximum Gasteiger partial charge on any atom is 0.314 e. The highest BCUT2D eigenvalue weighted by molar-refractivity contribution is 5.81. The van der Waals surface area contributed by atoms with Crippen LogP contribution in [0.2, 0.25) is 0 Å². The van der Waals surface area contributed by atoms with Gasteiger partial charge in [0.25, 0.3) is 5.56 Å². The first-order valence-electron chi connectivity index (χ1n) is 7.38. The minimum Gasteiger partial charge on any atom is -0.481 e. The van der Waals surface area contributed by atoms with E-state index in [0.29, 0.717) is 18.5 Å². The van der Waals surface area contributed by atoms with Crippen molar-refractivity contribution in [3.8, 4) is 0 Å². The fourth-order valence-corrected chi connectivity index (χ4v) is 2.68. The summed E-state index contributed by atoms with van der Waals surface area (Å²) in [5.74, 6) is -0.965. The molecule has 2 aromatic rings. The Kier molecular flexibility index (Phi) is 4.50. The molecule has 0 aliphatic carbocycles. The van der Waals surface area contributed by atoms with Gasteiger partial charge in [-0.1, -0.05) is 37.3 Å². The summed E-state index contributed by atoms with van der Waals surface area (Å²) in [6.07, 6.45) is 2.10. The van der Waals surface area contributed by atoms with E-state index in [9.17, 15) is 14.7 Å². The van der Waals surface area contributed by atoms with Crippen molar-refractivity contribution >= 4 is 5.97 Å². The number of pyridine rings is 1. The van der Waals surface area contributed by atoms with Gasteiger partial charge < -0.3 is 9.67 Å². The topological polar surface area (TPSA) is 59.3 Å². The minimum atomic E-state index is -1.17. The predicted octanol–water partition coefficient (Wildman–Crippen LogP) is 2.96. The summed E-state index contributed by atoms with van der Waals surface area (Å²) < 4.78 is 1.58. The van der Waals surface area contributed by atoms with E-state index < -0.39 is 11.4 Å². The van der Waals surface area contributed by atoms with Crippen molar-refractivity contribution in [3.63, 3.8) is 0 Å². The third-order valence-corrected chi connectivity index (χ3v) is 4.30. The van der Waals surface area contributed by atoms with Gasteiger partial charge >= 0.3 is 5.97 Å². The van der Waals surface area contributed by atoms with Crippen molar-refractivity contribution in [1.82, 2.24) is 4.57 Å². The molecule has 0 aliphatic rings. The van der Waals surface area contributed by atoms with Crippen LogP contribution in [0.5, 0.6) is 0 Å². The molecule has 116 valence electrons. The molecule has 0 bridgehead atoms. The Labute approximate surface area is 130 Å². The van der Waals surface area contributed by atoms with Gasteiger partial charge in [0.15, 0.2) is 0 Å². The molecule has 2 rings (SSSR count). The van der Waals surface area contributed by atoms with Crippen LogP contribution in [-0.2, 0) is 16.8 Å². The number of nitrogens with zero attached hydrogens (tertiary/aromatic N) is 1. The molecule has 22 heavy (non-hydrogen) atoms. The molecule has 1 heterocycles. The molecule has 1 atom stereocenters. The van der Waals surface area contributed by atoms with Gasteiger partial charge in [0.1, 0.15) is 0 Å². The SMILES string of the molecule is CCC(C)(C(=O)O)c1c(C)ccn(Cc2ccccc2)c1=O. The Morgan fingerprint density at radius 3 is 2.41 bits per heavy atom. The third-order valence-electron chi connectivity index (χ3n) is 4.30. The standard InChI is InChI=1S/C18H21NO3/c1-4-18(3,17(21)22)15-13(2)10-11-19(16(15)20)12-14-8-6-5-7-9-14/h5-11H,4,12H2,1-3H3,(H,21,22). The molecule has 4 heteroatoms. The Morgan fingerprint density at radius 2 is 1.86 bits per heavy atom. The molecule has 0 spiro atoms. The van der Waals surface area contributed by atoms with Gasteiger partial charge in [-0.3, -0.25) is 9.59 Å². The smallest absolute Gasteiger partial charge is 0.314 e. The number of carbonyl (C=O) groups is 1. The average Bonchev–Trinajstić information content (AvgIpc) is 2.50. The van der Waals surface area contributed by atoms with E-state index in [1.165, 1.54) is 0 Å². The number of aliphatic carboxylic acids is 1. The van der Waals surface area contributed by atoms with Crippen LogP contribution in [-0.4, -0.2) is 15.6 Å². The molecule has 4 nitrogen and oxygen atoms in total. The molecule has 0 amide bonds. The van der Waals surface area contributed by atoms with Crippen molar-refractivity contribution in [2.45, 2.75) is 39.2 Å². The molecule has 0 saturated heterocycles. The summed E-state index contributed by atoms with van der Waals surface area (Å²) in [4.78, 5) is 24.5. The first-order chi connectivity index (χ1) is 10.4. The Morgan fingerprint density at radius 1 is 1.23 bits per heavy atom. The van der Waals surface area contributed by atoms with Crippen LogP contribution >= 0.6 is 0 Å². The van der Waals surface area contributed by atoms with Gasteiger partial charge in [0, 0.05) is 11.8 Å². The molecule has 0 fully saturated rings. The average molecular weight is 299 g/mol. The second-order valence-electron chi connectivity index (χ2n) is 5.78. The van der Waals surface area contributed by atoms with E-state index >= 15 is 0 Å². The monoisotopic (exact) mass is 299 g/mol. The predicted molar refractivity (Wildman–Crippen MR) is 86.3 cm³/mol. The van der Waals surface area contributed by atoms with Gasteiger partial charge in [-0.05, 0) is 37.5 Å². The summed E-state index contributed by atoms with van der Waals surface area (Å²) >= 11 is 0. The molecule has 0 saturated carbocycles. The van der Waals surface area contributed by atoms with Crippen molar-refractivity contribution < 1.29 is 9.90 Å².